The molecule has 0 aromatic heterocycles. The summed E-state index contributed by atoms with van der Waals surface area (Å²) in [4.78, 5) is 11.4. The zero-order valence-electron chi connectivity index (χ0n) is 11.9. The van der Waals surface area contributed by atoms with Gasteiger partial charge in [-0.25, -0.2) is 0 Å². The van der Waals surface area contributed by atoms with Crippen molar-refractivity contribution in [3.8, 4) is 0 Å². The van der Waals surface area contributed by atoms with Crippen LogP contribution in [0.5, 0.6) is 0 Å². The minimum Gasteiger partial charge on any atom is -0.469 e. The van der Waals surface area contributed by atoms with E-state index in [0.29, 0.717) is 6.61 Å². The number of esters is 1. The second-order valence-corrected chi connectivity index (χ2v) is 5.20. The highest BCUT2D eigenvalue weighted by atomic mass is 16.5. The summed E-state index contributed by atoms with van der Waals surface area (Å²) in [6.07, 6.45) is 7.53. The van der Waals surface area contributed by atoms with Gasteiger partial charge in [0.1, 0.15) is 0 Å². The van der Waals surface area contributed by atoms with E-state index >= 15 is 0 Å². The van der Waals surface area contributed by atoms with E-state index in [4.69, 9.17) is 9.47 Å². The second kappa shape index (κ2) is 9.46. The first kappa shape index (κ1) is 16.4. The van der Waals surface area contributed by atoms with Crippen LogP contribution in [-0.2, 0) is 14.3 Å². The van der Waals surface area contributed by atoms with Crippen molar-refractivity contribution < 1.29 is 14.3 Å². The van der Waals surface area contributed by atoms with Crippen molar-refractivity contribution in [2.24, 2.45) is 5.41 Å². The molecule has 3 nitrogen and oxygen atoms in total. The third-order valence-electron chi connectivity index (χ3n) is 2.84. The average Bonchev–Trinajstić information content (AvgIpc) is 2.31. The monoisotopic (exact) mass is 244 g/mol. The highest BCUT2D eigenvalue weighted by Crippen LogP contribution is 2.17. The van der Waals surface area contributed by atoms with Crippen molar-refractivity contribution in [1.29, 1.82) is 0 Å². The van der Waals surface area contributed by atoms with Crippen LogP contribution in [0.2, 0.25) is 0 Å². The largest absolute Gasteiger partial charge is 0.469 e. The first-order valence-electron chi connectivity index (χ1n) is 6.70. The van der Waals surface area contributed by atoms with E-state index in [0.717, 1.165) is 13.0 Å². The van der Waals surface area contributed by atoms with Crippen LogP contribution in [0, 0.1) is 5.41 Å². The van der Waals surface area contributed by atoms with Gasteiger partial charge in [-0.15, -0.1) is 0 Å². The number of ether oxygens (including phenoxy) is 2. The van der Waals surface area contributed by atoms with Gasteiger partial charge in [-0.1, -0.05) is 39.0 Å². The van der Waals surface area contributed by atoms with Gasteiger partial charge in [0, 0.05) is 6.61 Å². The third-order valence-corrected chi connectivity index (χ3v) is 2.84. The minimum absolute atomic E-state index is 0.208. The van der Waals surface area contributed by atoms with Crippen molar-refractivity contribution in [1.82, 2.24) is 0 Å². The molecule has 0 aliphatic carbocycles. The first-order chi connectivity index (χ1) is 8.04. The highest BCUT2D eigenvalue weighted by Gasteiger charge is 2.28. The van der Waals surface area contributed by atoms with Crippen LogP contribution in [0.25, 0.3) is 0 Å². The average molecular weight is 244 g/mol. The molecule has 0 atom stereocenters. The van der Waals surface area contributed by atoms with E-state index in [1.54, 1.807) is 0 Å². The zero-order chi connectivity index (χ0) is 13.1. The Balaban J connectivity index is 3.42. The van der Waals surface area contributed by atoms with Crippen LogP contribution in [-0.4, -0.2) is 26.3 Å². The standard InChI is InChI=1S/C14H28O3/c1-5-6-7-8-9-10-11-17-12-14(2,3)13(15)16-4/h5-12H2,1-4H3. The molecule has 0 saturated heterocycles. The van der Waals surface area contributed by atoms with Gasteiger partial charge < -0.3 is 9.47 Å². The van der Waals surface area contributed by atoms with E-state index in [9.17, 15) is 4.79 Å². The molecule has 0 aliphatic rings. The smallest absolute Gasteiger partial charge is 0.313 e. The van der Waals surface area contributed by atoms with Gasteiger partial charge in [0.25, 0.3) is 0 Å². The fraction of sp³-hybridized carbons (Fsp3) is 0.929. The lowest BCUT2D eigenvalue weighted by Gasteiger charge is -2.21. The molecule has 3 heteroatoms. The quantitative estimate of drug-likeness (QED) is 0.435. The maximum Gasteiger partial charge on any atom is 0.313 e. The maximum atomic E-state index is 11.4. The summed E-state index contributed by atoms with van der Waals surface area (Å²) in [6, 6.07) is 0. The molecule has 0 heterocycles. The lowest BCUT2D eigenvalue weighted by molar-refractivity contribution is -0.154. The van der Waals surface area contributed by atoms with Crippen LogP contribution in [0.3, 0.4) is 0 Å². The van der Waals surface area contributed by atoms with Crippen molar-refractivity contribution in [3.05, 3.63) is 0 Å². The normalized spacial score (nSPS) is 11.5. The van der Waals surface area contributed by atoms with Gasteiger partial charge >= 0.3 is 5.97 Å². The molecule has 0 fully saturated rings. The van der Waals surface area contributed by atoms with Crippen molar-refractivity contribution in [2.45, 2.75) is 59.3 Å². The molecule has 102 valence electrons. The van der Waals surface area contributed by atoms with Crippen molar-refractivity contribution >= 4 is 5.97 Å². The predicted octanol–water partition coefficient (Wildman–Crippen LogP) is 3.56. The van der Waals surface area contributed by atoms with Crippen LogP contribution in [0.1, 0.15) is 59.3 Å². The molecule has 0 spiro atoms. The maximum absolute atomic E-state index is 11.4. The van der Waals surface area contributed by atoms with E-state index in [2.05, 4.69) is 6.92 Å². The number of unbranched alkanes of at least 4 members (excludes halogenated alkanes) is 5. The van der Waals surface area contributed by atoms with Gasteiger partial charge in [0.05, 0.1) is 19.1 Å². The summed E-state index contributed by atoms with van der Waals surface area (Å²) in [7, 11) is 1.41. The van der Waals surface area contributed by atoms with Crippen molar-refractivity contribution in [3.63, 3.8) is 0 Å². The van der Waals surface area contributed by atoms with Crippen LogP contribution in [0.4, 0.5) is 0 Å². The molecule has 0 bridgehead atoms. The molecule has 0 saturated carbocycles. The molecule has 0 aromatic carbocycles. The molecule has 17 heavy (non-hydrogen) atoms. The molecule has 0 unspecified atom stereocenters. The fourth-order valence-electron chi connectivity index (χ4n) is 1.65. The SMILES string of the molecule is CCCCCCCCOCC(C)(C)C(=O)OC. The Kier molecular flexibility index (Phi) is 9.14. The van der Waals surface area contributed by atoms with Crippen LogP contribution in [0.15, 0.2) is 0 Å². The number of methoxy groups -OCH3 is 1. The first-order valence-corrected chi connectivity index (χ1v) is 6.70. The van der Waals surface area contributed by atoms with Gasteiger partial charge in [0.2, 0.25) is 0 Å². The second-order valence-electron chi connectivity index (χ2n) is 5.20. The molecular weight excluding hydrogens is 216 g/mol. The van der Waals surface area contributed by atoms with Crippen LogP contribution < -0.4 is 0 Å². The van der Waals surface area contributed by atoms with Gasteiger partial charge in [-0.3, -0.25) is 4.79 Å². The molecule has 0 aromatic rings. The van der Waals surface area contributed by atoms with Gasteiger partial charge in [-0.05, 0) is 20.3 Å². The number of hydrogen-bond donors (Lipinski definition) is 0. The Morgan fingerprint density at radius 1 is 1.06 bits per heavy atom. The van der Waals surface area contributed by atoms with Gasteiger partial charge in [-0.2, -0.15) is 0 Å². The van der Waals surface area contributed by atoms with E-state index in [-0.39, 0.29) is 5.97 Å². The summed E-state index contributed by atoms with van der Waals surface area (Å²) in [5.74, 6) is -0.208. The number of hydrogen-bond acceptors (Lipinski definition) is 3. The number of carbonyl (C=O) groups is 1. The zero-order valence-corrected chi connectivity index (χ0v) is 11.9. The van der Waals surface area contributed by atoms with Crippen LogP contribution >= 0.6 is 0 Å². The minimum atomic E-state index is -0.531. The molecule has 0 aliphatic heterocycles. The van der Waals surface area contributed by atoms with E-state index in [1.807, 2.05) is 13.8 Å². The lowest BCUT2D eigenvalue weighted by Crippen LogP contribution is -2.30. The third kappa shape index (κ3) is 8.19. The Bertz CT molecular complexity index is 200. The summed E-state index contributed by atoms with van der Waals surface area (Å²) in [5, 5.41) is 0. The summed E-state index contributed by atoms with van der Waals surface area (Å²) < 4.78 is 10.2. The van der Waals surface area contributed by atoms with Crippen molar-refractivity contribution in [2.75, 3.05) is 20.3 Å². The predicted molar refractivity (Wildman–Crippen MR) is 70.0 cm³/mol. The Hall–Kier alpha value is -0.570. The Morgan fingerprint density at radius 3 is 2.24 bits per heavy atom. The van der Waals surface area contributed by atoms with E-state index in [1.165, 1.54) is 39.2 Å². The highest BCUT2D eigenvalue weighted by molar-refractivity contribution is 5.75. The molecule has 0 N–H and O–H groups in total. The molecule has 0 radical (unpaired) electrons. The van der Waals surface area contributed by atoms with Gasteiger partial charge in [0.15, 0.2) is 0 Å². The summed E-state index contributed by atoms with van der Waals surface area (Å²) >= 11 is 0. The number of carbonyl (C=O) groups excluding carboxylic acids is 1. The summed E-state index contributed by atoms with van der Waals surface area (Å²) in [6.45, 7) is 7.10. The van der Waals surface area contributed by atoms with E-state index < -0.39 is 5.41 Å². The molecular formula is C14H28O3. The topological polar surface area (TPSA) is 35.5 Å². The Morgan fingerprint density at radius 2 is 1.65 bits per heavy atom. The molecule has 0 amide bonds. The number of rotatable bonds is 10. The lowest BCUT2D eigenvalue weighted by atomic mass is 9.95. The Labute approximate surface area is 106 Å². The summed E-state index contributed by atoms with van der Waals surface area (Å²) in [5.41, 5.74) is -0.531. The molecule has 0 rings (SSSR count). The fourth-order valence-corrected chi connectivity index (χ4v) is 1.65.